The number of guanidine groups is 1. The quantitative estimate of drug-likeness (QED) is 0.399. The molecule has 2 heterocycles. The largest absolute Gasteiger partial charge is 0.369 e. The Hall–Kier alpha value is -2.08. The SMILES string of the molecule is CCNC(=NCCCN1CCCC(C(N)=O)C1)N1CCC(Cc2ccccc2)C1. The number of nitrogens with zero attached hydrogens (tertiary/aromatic N) is 3. The summed E-state index contributed by atoms with van der Waals surface area (Å²) >= 11 is 0. The number of hydrogen-bond acceptors (Lipinski definition) is 3. The molecule has 29 heavy (non-hydrogen) atoms. The number of nitrogens with one attached hydrogen (secondary N) is 1. The van der Waals surface area contributed by atoms with Gasteiger partial charge >= 0.3 is 0 Å². The topological polar surface area (TPSA) is 74.0 Å². The Morgan fingerprint density at radius 2 is 2.03 bits per heavy atom. The fourth-order valence-corrected chi connectivity index (χ4v) is 4.54. The summed E-state index contributed by atoms with van der Waals surface area (Å²) in [5.41, 5.74) is 6.91. The molecular weight excluding hydrogens is 362 g/mol. The highest BCUT2D eigenvalue weighted by atomic mass is 16.1. The highest BCUT2D eigenvalue weighted by molar-refractivity contribution is 5.80. The number of nitrogens with two attached hydrogens (primary N) is 1. The minimum absolute atomic E-state index is 0.0238. The van der Waals surface area contributed by atoms with Gasteiger partial charge in [-0.1, -0.05) is 30.3 Å². The van der Waals surface area contributed by atoms with E-state index in [2.05, 4.69) is 52.4 Å². The highest BCUT2D eigenvalue weighted by Gasteiger charge is 2.25. The van der Waals surface area contributed by atoms with Gasteiger partial charge in [0.05, 0.1) is 5.92 Å². The second-order valence-corrected chi connectivity index (χ2v) is 8.42. The monoisotopic (exact) mass is 399 g/mol. The second-order valence-electron chi connectivity index (χ2n) is 8.42. The van der Waals surface area contributed by atoms with Crippen molar-refractivity contribution in [2.24, 2.45) is 22.6 Å². The van der Waals surface area contributed by atoms with E-state index in [0.29, 0.717) is 5.92 Å². The zero-order valence-electron chi connectivity index (χ0n) is 17.9. The van der Waals surface area contributed by atoms with Crippen LogP contribution in [0.25, 0.3) is 0 Å². The summed E-state index contributed by atoms with van der Waals surface area (Å²) in [6.07, 6.45) is 5.39. The van der Waals surface area contributed by atoms with E-state index >= 15 is 0 Å². The Balaban J connectivity index is 1.44. The van der Waals surface area contributed by atoms with E-state index in [1.165, 1.54) is 12.0 Å². The lowest BCUT2D eigenvalue weighted by molar-refractivity contribution is -0.123. The maximum absolute atomic E-state index is 11.4. The molecule has 2 saturated heterocycles. The Morgan fingerprint density at radius 1 is 1.21 bits per heavy atom. The summed E-state index contributed by atoms with van der Waals surface area (Å²) in [7, 11) is 0. The predicted molar refractivity (Wildman–Crippen MR) is 119 cm³/mol. The first-order valence-electron chi connectivity index (χ1n) is 11.2. The Labute approximate surface area is 175 Å². The maximum Gasteiger partial charge on any atom is 0.221 e. The number of likely N-dealkylation sites (tertiary alicyclic amines) is 2. The van der Waals surface area contributed by atoms with Crippen LogP contribution in [0.4, 0.5) is 0 Å². The second kappa shape index (κ2) is 11.2. The Bertz CT molecular complexity index is 662. The van der Waals surface area contributed by atoms with Gasteiger partial charge < -0.3 is 20.9 Å². The molecule has 2 atom stereocenters. The van der Waals surface area contributed by atoms with Crippen molar-refractivity contribution in [1.29, 1.82) is 0 Å². The molecule has 0 radical (unpaired) electrons. The molecule has 0 bridgehead atoms. The standard InChI is InChI=1S/C23H37N5O/c1-2-25-23(26-12-7-14-27-13-6-10-21(18-27)22(24)29)28-15-11-20(17-28)16-19-8-4-3-5-9-19/h3-5,8-9,20-21H,2,6-7,10-18H2,1H3,(H2,24,29)(H,25,26). The zero-order chi connectivity index (χ0) is 20.5. The van der Waals surface area contributed by atoms with Crippen molar-refractivity contribution >= 4 is 11.9 Å². The van der Waals surface area contributed by atoms with Crippen molar-refractivity contribution in [3.63, 3.8) is 0 Å². The number of rotatable bonds is 8. The van der Waals surface area contributed by atoms with E-state index in [9.17, 15) is 4.79 Å². The molecular formula is C23H37N5O. The van der Waals surface area contributed by atoms with Gasteiger partial charge in [-0.2, -0.15) is 0 Å². The van der Waals surface area contributed by atoms with Gasteiger partial charge in [0, 0.05) is 32.7 Å². The number of carbonyl (C=O) groups is 1. The van der Waals surface area contributed by atoms with Crippen LogP contribution in [-0.4, -0.2) is 67.5 Å². The molecule has 6 heteroatoms. The van der Waals surface area contributed by atoms with Crippen molar-refractivity contribution in [1.82, 2.24) is 15.1 Å². The van der Waals surface area contributed by atoms with Gasteiger partial charge in [-0.3, -0.25) is 9.79 Å². The molecule has 0 saturated carbocycles. The molecule has 3 N–H and O–H groups in total. The third kappa shape index (κ3) is 6.74. The molecule has 2 aliphatic heterocycles. The molecule has 2 aliphatic rings. The third-order valence-electron chi connectivity index (χ3n) is 6.09. The van der Waals surface area contributed by atoms with Crippen molar-refractivity contribution in [3.8, 4) is 0 Å². The molecule has 1 aromatic rings. The third-order valence-corrected chi connectivity index (χ3v) is 6.09. The van der Waals surface area contributed by atoms with E-state index < -0.39 is 0 Å². The lowest BCUT2D eigenvalue weighted by Crippen LogP contribution is -2.42. The van der Waals surface area contributed by atoms with Crippen molar-refractivity contribution in [3.05, 3.63) is 35.9 Å². The molecule has 2 unspecified atom stereocenters. The smallest absolute Gasteiger partial charge is 0.221 e. The number of aliphatic imine (C=N–C) groups is 1. The van der Waals surface area contributed by atoms with Crippen LogP contribution in [0.2, 0.25) is 0 Å². The molecule has 2 fully saturated rings. The van der Waals surface area contributed by atoms with Crippen molar-refractivity contribution < 1.29 is 4.79 Å². The molecule has 1 amide bonds. The number of hydrogen-bond donors (Lipinski definition) is 2. The van der Waals surface area contributed by atoms with E-state index in [0.717, 1.165) is 77.5 Å². The summed E-state index contributed by atoms with van der Waals surface area (Å²) < 4.78 is 0. The Kier molecular flexibility index (Phi) is 8.35. The summed E-state index contributed by atoms with van der Waals surface area (Å²) in [4.78, 5) is 21.1. The normalized spacial score (nSPS) is 23.3. The lowest BCUT2D eigenvalue weighted by Gasteiger charge is -2.30. The summed E-state index contributed by atoms with van der Waals surface area (Å²) in [6, 6.07) is 10.8. The minimum Gasteiger partial charge on any atom is -0.369 e. The molecule has 160 valence electrons. The number of primary amides is 1. The van der Waals surface area contributed by atoms with Gasteiger partial charge in [0.15, 0.2) is 5.96 Å². The first kappa shape index (κ1) is 21.6. The number of carbonyl (C=O) groups excluding carboxylic acids is 1. The minimum atomic E-state index is -0.152. The van der Waals surface area contributed by atoms with Gasteiger partial charge in [-0.05, 0) is 63.6 Å². The van der Waals surface area contributed by atoms with Crippen LogP contribution < -0.4 is 11.1 Å². The molecule has 0 aromatic heterocycles. The fourth-order valence-electron chi connectivity index (χ4n) is 4.54. The highest BCUT2D eigenvalue weighted by Crippen LogP contribution is 2.21. The maximum atomic E-state index is 11.4. The van der Waals surface area contributed by atoms with Crippen molar-refractivity contribution in [2.45, 2.75) is 39.0 Å². The summed E-state index contributed by atoms with van der Waals surface area (Å²) in [5.74, 6) is 1.62. The summed E-state index contributed by atoms with van der Waals surface area (Å²) in [5, 5.41) is 3.47. The number of benzene rings is 1. The van der Waals surface area contributed by atoms with E-state index in [4.69, 9.17) is 10.7 Å². The van der Waals surface area contributed by atoms with Gasteiger partial charge in [-0.25, -0.2) is 0 Å². The van der Waals surface area contributed by atoms with Crippen LogP contribution in [0.5, 0.6) is 0 Å². The molecule has 6 nitrogen and oxygen atoms in total. The van der Waals surface area contributed by atoms with E-state index in [-0.39, 0.29) is 11.8 Å². The van der Waals surface area contributed by atoms with Gasteiger partial charge in [0.2, 0.25) is 5.91 Å². The van der Waals surface area contributed by atoms with E-state index in [1.54, 1.807) is 0 Å². The Morgan fingerprint density at radius 3 is 2.79 bits per heavy atom. The predicted octanol–water partition coefficient (Wildman–Crippen LogP) is 2.10. The van der Waals surface area contributed by atoms with Gasteiger partial charge in [0.25, 0.3) is 0 Å². The van der Waals surface area contributed by atoms with E-state index in [1.807, 2.05) is 0 Å². The zero-order valence-corrected chi connectivity index (χ0v) is 17.9. The van der Waals surface area contributed by atoms with Crippen LogP contribution in [0.1, 0.15) is 38.2 Å². The molecule has 0 aliphatic carbocycles. The van der Waals surface area contributed by atoms with Crippen LogP contribution in [0, 0.1) is 11.8 Å². The first-order chi connectivity index (χ1) is 14.2. The molecule has 0 spiro atoms. The molecule has 1 aromatic carbocycles. The average molecular weight is 400 g/mol. The van der Waals surface area contributed by atoms with Crippen LogP contribution in [-0.2, 0) is 11.2 Å². The molecule has 3 rings (SSSR count). The average Bonchev–Trinajstić information content (AvgIpc) is 3.19. The lowest BCUT2D eigenvalue weighted by atomic mass is 9.97. The first-order valence-corrected chi connectivity index (χ1v) is 11.2. The van der Waals surface area contributed by atoms with Gasteiger partial charge in [0.1, 0.15) is 0 Å². The number of piperidine rings is 1. The number of amides is 1. The fraction of sp³-hybridized carbons (Fsp3) is 0.652. The van der Waals surface area contributed by atoms with Gasteiger partial charge in [-0.15, -0.1) is 0 Å². The van der Waals surface area contributed by atoms with Crippen LogP contribution in [0.15, 0.2) is 35.3 Å². The summed E-state index contributed by atoms with van der Waals surface area (Å²) in [6.45, 7) is 8.87. The van der Waals surface area contributed by atoms with Crippen LogP contribution in [0.3, 0.4) is 0 Å². The van der Waals surface area contributed by atoms with Crippen molar-refractivity contribution in [2.75, 3.05) is 45.8 Å². The van der Waals surface area contributed by atoms with Crippen LogP contribution >= 0.6 is 0 Å².